The van der Waals surface area contributed by atoms with Crippen molar-refractivity contribution in [2.75, 3.05) is 13.2 Å². The molecule has 0 aromatic heterocycles. The second-order valence-electron chi connectivity index (χ2n) is 6.53. The highest BCUT2D eigenvalue weighted by atomic mass is 19.1. The van der Waals surface area contributed by atoms with Crippen molar-refractivity contribution in [3.63, 3.8) is 0 Å². The number of hydrogen-bond acceptors (Lipinski definition) is 5. The van der Waals surface area contributed by atoms with E-state index in [1.807, 2.05) is 0 Å². The lowest BCUT2D eigenvalue weighted by Crippen LogP contribution is -2.41. The summed E-state index contributed by atoms with van der Waals surface area (Å²) in [6, 6.07) is 13.1. The molecule has 1 aliphatic heterocycles. The summed E-state index contributed by atoms with van der Waals surface area (Å²) in [6.07, 6.45) is 3.21. The maximum Gasteiger partial charge on any atom is 0.329 e. The number of rotatable bonds is 7. The van der Waals surface area contributed by atoms with E-state index in [9.17, 15) is 14.0 Å². The Hall–Kier alpha value is -3.26. The third kappa shape index (κ3) is 6.69. The van der Waals surface area contributed by atoms with E-state index in [0.29, 0.717) is 31.1 Å². The molecule has 1 saturated heterocycles. The van der Waals surface area contributed by atoms with Gasteiger partial charge in [-0.1, -0.05) is 24.3 Å². The van der Waals surface area contributed by atoms with E-state index in [1.54, 1.807) is 36.4 Å². The number of hydrazone groups is 1. The molecule has 2 aromatic carbocycles. The third-order valence-electron chi connectivity index (χ3n) is 4.28. The number of nitrogens with one attached hydrogen (secondary N) is 2. The highest BCUT2D eigenvalue weighted by molar-refractivity contribution is 6.35. The first-order valence-electron chi connectivity index (χ1n) is 9.30. The van der Waals surface area contributed by atoms with Crippen molar-refractivity contribution in [1.29, 1.82) is 0 Å². The van der Waals surface area contributed by atoms with Crippen LogP contribution in [0.1, 0.15) is 24.0 Å². The van der Waals surface area contributed by atoms with Gasteiger partial charge in [-0.3, -0.25) is 9.59 Å². The van der Waals surface area contributed by atoms with Crippen molar-refractivity contribution in [3.05, 3.63) is 65.5 Å². The average molecular weight is 399 g/mol. The van der Waals surface area contributed by atoms with E-state index in [4.69, 9.17) is 9.47 Å². The van der Waals surface area contributed by atoms with Gasteiger partial charge in [-0.2, -0.15) is 5.10 Å². The second-order valence-corrected chi connectivity index (χ2v) is 6.53. The van der Waals surface area contributed by atoms with Gasteiger partial charge in [0.25, 0.3) is 0 Å². The van der Waals surface area contributed by atoms with Gasteiger partial charge in [-0.15, -0.1) is 0 Å². The van der Waals surface area contributed by atoms with Gasteiger partial charge in [-0.25, -0.2) is 9.82 Å². The van der Waals surface area contributed by atoms with Crippen molar-refractivity contribution >= 4 is 18.0 Å². The molecule has 1 fully saturated rings. The molecule has 0 aliphatic carbocycles. The summed E-state index contributed by atoms with van der Waals surface area (Å²) in [5.74, 6) is -1.30. The van der Waals surface area contributed by atoms with Gasteiger partial charge in [-0.05, 0) is 48.2 Å². The smallest absolute Gasteiger partial charge is 0.329 e. The Morgan fingerprint density at radius 1 is 1.21 bits per heavy atom. The fourth-order valence-corrected chi connectivity index (χ4v) is 2.74. The van der Waals surface area contributed by atoms with Crippen LogP contribution in [0.15, 0.2) is 53.6 Å². The Labute approximate surface area is 167 Å². The van der Waals surface area contributed by atoms with Crippen molar-refractivity contribution in [3.8, 4) is 5.75 Å². The lowest BCUT2D eigenvalue weighted by Gasteiger charge is -2.09. The van der Waals surface area contributed by atoms with Crippen LogP contribution in [-0.2, 0) is 20.9 Å². The second kappa shape index (κ2) is 10.3. The summed E-state index contributed by atoms with van der Waals surface area (Å²) in [4.78, 5) is 23.5. The van der Waals surface area contributed by atoms with Gasteiger partial charge in [0.2, 0.25) is 0 Å². The number of ether oxygens (including phenoxy) is 2. The molecule has 3 rings (SSSR count). The Morgan fingerprint density at radius 2 is 2.03 bits per heavy atom. The fourth-order valence-electron chi connectivity index (χ4n) is 2.74. The monoisotopic (exact) mass is 399 g/mol. The number of hydrogen-bond donors (Lipinski definition) is 2. The maximum absolute atomic E-state index is 12.9. The summed E-state index contributed by atoms with van der Waals surface area (Å²) in [6.45, 7) is 1.29. The molecule has 0 radical (unpaired) electrons. The Morgan fingerprint density at radius 3 is 2.79 bits per heavy atom. The number of carbonyl (C=O) groups excluding carboxylic acids is 2. The zero-order chi connectivity index (χ0) is 20.5. The predicted molar refractivity (Wildman–Crippen MR) is 105 cm³/mol. The van der Waals surface area contributed by atoms with E-state index in [1.165, 1.54) is 18.3 Å². The topological polar surface area (TPSA) is 89.0 Å². The molecule has 0 unspecified atom stereocenters. The molecule has 8 heteroatoms. The van der Waals surface area contributed by atoms with Crippen LogP contribution in [0.3, 0.4) is 0 Å². The maximum atomic E-state index is 12.9. The molecule has 1 atom stereocenters. The summed E-state index contributed by atoms with van der Waals surface area (Å²) < 4.78 is 24.0. The standard InChI is InChI=1S/C21H22FN3O4/c22-17-8-6-15(7-9-17)14-29-18-4-1-3-16(11-18)12-24-25-21(27)20(26)23-13-19-5-2-10-28-19/h1,3-4,6-9,11-12,19H,2,5,10,13-14H2,(H,23,26)(H,25,27)/b24-12-/t19-/m1/s1. The van der Waals surface area contributed by atoms with Crippen LogP contribution in [0.4, 0.5) is 4.39 Å². The van der Waals surface area contributed by atoms with E-state index in [0.717, 1.165) is 18.4 Å². The molecule has 1 heterocycles. The van der Waals surface area contributed by atoms with E-state index < -0.39 is 11.8 Å². The third-order valence-corrected chi connectivity index (χ3v) is 4.28. The summed E-state index contributed by atoms with van der Waals surface area (Å²) >= 11 is 0. The lowest BCUT2D eigenvalue weighted by molar-refractivity contribution is -0.139. The average Bonchev–Trinajstić information content (AvgIpc) is 3.25. The summed E-state index contributed by atoms with van der Waals surface area (Å²) in [5.41, 5.74) is 3.71. The minimum absolute atomic E-state index is 0.0344. The highest BCUT2D eigenvalue weighted by Gasteiger charge is 2.18. The lowest BCUT2D eigenvalue weighted by atomic mass is 10.2. The zero-order valence-electron chi connectivity index (χ0n) is 15.8. The Kier molecular flexibility index (Phi) is 7.29. The first-order chi connectivity index (χ1) is 14.1. The first kappa shape index (κ1) is 20.5. The van der Waals surface area contributed by atoms with Crippen LogP contribution in [0, 0.1) is 5.82 Å². The Bertz CT molecular complexity index is 864. The first-order valence-corrected chi connectivity index (χ1v) is 9.30. The molecule has 2 amide bonds. The number of halogens is 1. The van der Waals surface area contributed by atoms with Crippen molar-refractivity contribution in [2.24, 2.45) is 5.10 Å². The van der Waals surface area contributed by atoms with Gasteiger partial charge in [0, 0.05) is 13.2 Å². The van der Waals surface area contributed by atoms with Crippen LogP contribution in [0.25, 0.3) is 0 Å². The van der Waals surface area contributed by atoms with Gasteiger partial charge in [0.1, 0.15) is 18.2 Å². The predicted octanol–water partition coefficient (Wildman–Crippen LogP) is 2.15. The Balaban J connectivity index is 1.44. The van der Waals surface area contributed by atoms with Gasteiger partial charge < -0.3 is 14.8 Å². The van der Waals surface area contributed by atoms with Crippen molar-refractivity contribution in [2.45, 2.75) is 25.6 Å². The van der Waals surface area contributed by atoms with Crippen LogP contribution in [-0.4, -0.2) is 37.3 Å². The van der Waals surface area contributed by atoms with Crippen molar-refractivity contribution < 1.29 is 23.5 Å². The highest BCUT2D eigenvalue weighted by Crippen LogP contribution is 2.14. The quantitative estimate of drug-likeness (QED) is 0.424. The number of carbonyl (C=O) groups is 2. The van der Waals surface area contributed by atoms with Crippen LogP contribution in [0.2, 0.25) is 0 Å². The van der Waals surface area contributed by atoms with Crippen LogP contribution < -0.4 is 15.5 Å². The molecule has 1 aliphatic rings. The van der Waals surface area contributed by atoms with Gasteiger partial charge >= 0.3 is 11.8 Å². The molecule has 2 N–H and O–H groups in total. The number of nitrogens with zero attached hydrogens (tertiary/aromatic N) is 1. The molecule has 2 aromatic rings. The molecular formula is C21H22FN3O4. The van der Waals surface area contributed by atoms with Crippen LogP contribution >= 0.6 is 0 Å². The largest absolute Gasteiger partial charge is 0.489 e. The fraction of sp³-hybridized carbons (Fsp3) is 0.286. The molecule has 7 nitrogen and oxygen atoms in total. The molecule has 0 spiro atoms. The minimum Gasteiger partial charge on any atom is -0.489 e. The SMILES string of the molecule is O=C(NC[C@H]1CCCO1)C(=O)N/N=C\c1cccc(OCc2ccc(F)cc2)c1. The molecule has 152 valence electrons. The molecule has 0 saturated carbocycles. The molecular weight excluding hydrogens is 377 g/mol. The molecule has 29 heavy (non-hydrogen) atoms. The summed E-state index contributed by atoms with van der Waals surface area (Å²) in [5, 5.41) is 6.32. The van der Waals surface area contributed by atoms with E-state index in [-0.39, 0.29) is 11.9 Å². The van der Waals surface area contributed by atoms with E-state index >= 15 is 0 Å². The number of amides is 2. The van der Waals surface area contributed by atoms with E-state index in [2.05, 4.69) is 15.8 Å². The van der Waals surface area contributed by atoms with Crippen molar-refractivity contribution in [1.82, 2.24) is 10.7 Å². The van der Waals surface area contributed by atoms with Gasteiger partial charge in [0.15, 0.2) is 0 Å². The normalized spacial score (nSPS) is 16.0. The zero-order valence-corrected chi connectivity index (χ0v) is 15.8. The molecule has 0 bridgehead atoms. The summed E-state index contributed by atoms with van der Waals surface area (Å²) in [7, 11) is 0. The van der Waals surface area contributed by atoms with Gasteiger partial charge in [0.05, 0.1) is 12.3 Å². The van der Waals surface area contributed by atoms with Crippen LogP contribution in [0.5, 0.6) is 5.75 Å². The minimum atomic E-state index is -0.844. The number of benzene rings is 2.